The number of rotatable bonds is 5. The van der Waals surface area contributed by atoms with E-state index in [4.69, 9.17) is 9.47 Å². The van der Waals surface area contributed by atoms with Crippen molar-refractivity contribution in [1.29, 1.82) is 0 Å². The third-order valence-electron chi connectivity index (χ3n) is 6.40. The molecular weight excluding hydrogens is 481 g/mol. The van der Waals surface area contributed by atoms with Crippen molar-refractivity contribution in [3.05, 3.63) is 53.6 Å². The van der Waals surface area contributed by atoms with E-state index in [0.717, 1.165) is 17.0 Å². The predicted octanol–water partition coefficient (Wildman–Crippen LogP) is 2.96. The van der Waals surface area contributed by atoms with Crippen molar-refractivity contribution >= 4 is 23.5 Å². The molecule has 190 valence electrons. The summed E-state index contributed by atoms with van der Waals surface area (Å²) in [5.41, 5.74) is -0.291. The first-order valence-electron chi connectivity index (χ1n) is 11.4. The van der Waals surface area contributed by atoms with Gasteiger partial charge in [-0.2, -0.15) is 13.2 Å². The Labute approximate surface area is 204 Å². The molecule has 3 aliphatic rings. The lowest BCUT2D eigenvalue weighted by molar-refractivity contribution is -0.138. The Hall–Kier alpha value is -3.80. The van der Waals surface area contributed by atoms with Gasteiger partial charge in [-0.25, -0.2) is 4.79 Å². The third kappa shape index (κ3) is 4.68. The summed E-state index contributed by atoms with van der Waals surface area (Å²) in [4.78, 5) is 41.8. The van der Waals surface area contributed by atoms with Crippen LogP contribution < -0.4 is 20.1 Å². The van der Waals surface area contributed by atoms with E-state index in [0.29, 0.717) is 36.4 Å². The molecule has 2 N–H and O–H groups in total. The summed E-state index contributed by atoms with van der Waals surface area (Å²) < 4.78 is 49.7. The van der Waals surface area contributed by atoms with E-state index in [2.05, 4.69) is 10.6 Å². The number of halogens is 3. The van der Waals surface area contributed by atoms with E-state index in [-0.39, 0.29) is 19.0 Å². The van der Waals surface area contributed by atoms with Crippen LogP contribution >= 0.6 is 0 Å². The van der Waals surface area contributed by atoms with Crippen LogP contribution in [0.15, 0.2) is 42.5 Å². The summed E-state index contributed by atoms with van der Waals surface area (Å²) in [6.07, 6.45) is -3.33. The zero-order chi connectivity index (χ0) is 25.4. The second kappa shape index (κ2) is 9.34. The number of anilines is 1. The van der Waals surface area contributed by atoms with Gasteiger partial charge in [0.15, 0.2) is 11.5 Å². The van der Waals surface area contributed by atoms with Gasteiger partial charge in [-0.1, -0.05) is 12.1 Å². The summed E-state index contributed by atoms with van der Waals surface area (Å²) in [5.74, 6) is 0.0219. The molecule has 0 aliphatic carbocycles. The van der Waals surface area contributed by atoms with E-state index in [1.165, 1.54) is 17.0 Å². The first-order chi connectivity index (χ1) is 17.2. The van der Waals surface area contributed by atoms with Gasteiger partial charge in [-0.3, -0.25) is 14.5 Å². The molecule has 2 aromatic carbocycles. The zero-order valence-electron chi connectivity index (χ0n) is 19.0. The molecule has 2 saturated heterocycles. The molecule has 36 heavy (non-hydrogen) atoms. The second-order valence-electron chi connectivity index (χ2n) is 8.79. The lowest BCUT2D eigenvalue weighted by atomic mass is 9.93. The van der Waals surface area contributed by atoms with Crippen LogP contribution in [0, 0.1) is 0 Å². The fourth-order valence-electron chi connectivity index (χ4n) is 4.70. The van der Waals surface area contributed by atoms with Gasteiger partial charge in [-0.15, -0.1) is 0 Å². The van der Waals surface area contributed by atoms with Gasteiger partial charge in [0.2, 0.25) is 18.6 Å². The van der Waals surface area contributed by atoms with Gasteiger partial charge in [0, 0.05) is 5.69 Å². The van der Waals surface area contributed by atoms with Crippen molar-refractivity contribution in [2.75, 3.05) is 25.2 Å². The van der Waals surface area contributed by atoms with Gasteiger partial charge in [0.05, 0.1) is 18.2 Å². The topological polar surface area (TPSA) is 100 Å². The first kappa shape index (κ1) is 23.9. The second-order valence-corrected chi connectivity index (χ2v) is 8.79. The Morgan fingerprint density at radius 1 is 1.11 bits per heavy atom. The number of nitrogens with one attached hydrogen (secondary N) is 2. The number of alkyl halides is 3. The highest BCUT2D eigenvalue weighted by Gasteiger charge is 2.47. The predicted molar refractivity (Wildman–Crippen MR) is 120 cm³/mol. The lowest BCUT2D eigenvalue weighted by Crippen LogP contribution is -2.70. The van der Waals surface area contributed by atoms with Crippen molar-refractivity contribution in [3.63, 3.8) is 0 Å². The minimum atomic E-state index is -4.56. The Bertz CT molecular complexity index is 1200. The van der Waals surface area contributed by atoms with E-state index >= 15 is 0 Å². The molecule has 0 spiro atoms. The molecule has 3 heterocycles. The fraction of sp³-hybridized carbons (Fsp3) is 0.375. The average molecular weight is 504 g/mol. The van der Waals surface area contributed by atoms with E-state index in [1.54, 1.807) is 18.2 Å². The van der Waals surface area contributed by atoms with Gasteiger partial charge >= 0.3 is 12.2 Å². The van der Waals surface area contributed by atoms with E-state index in [1.807, 2.05) is 0 Å². The molecule has 2 aromatic rings. The van der Waals surface area contributed by atoms with Crippen LogP contribution in [-0.2, 0) is 22.3 Å². The number of carbonyl (C=O) groups excluding carboxylic acids is 3. The summed E-state index contributed by atoms with van der Waals surface area (Å²) >= 11 is 0. The largest absolute Gasteiger partial charge is 0.454 e. The normalized spacial score (nSPS) is 21.4. The van der Waals surface area contributed by atoms with E-state index < -0.39 is 48.2 Å². The maximum atomic E-state index is 13.4. The molecule has 9 nitrogen and oxygen atoms in total. The molecule has 2 atom stereocenters. The minimum absolute atomic E-state index is 0.0362. The van der Waals surface area contributed by atoms with Gasteiger partial charge in [0.25, 0.3) is 0 Å². The Balaban J connectivity index is 1.34. The summed E-state index contributed by atoms with van der Waals surface area (Å²) in [6, 6.07) is 7.50. The molecule has 4 amide bonds. The molecule has 0 saturated carbocycles. The van der Waals surface area contributed by atoms with Crippen LogP contribution in [-0.4, -0.2) is 59.6 Å². The highest BCUT2D eigenvalue weighted by Crippen LogP contribution is 2.34. The number of piperidine rings is 1. The molecular formula is C24H23F3N4O5. The number of nitrogens with zero attached hydrogens (tertiary/aromatic N) is 2. The molecule has 0 radical (unpaired) electrons. The molecule has 12 heteroatoms. The highest BCUT2D eigenvalue weighted by atomic mass is 19.4. The van der Waals surface area contributed by atoms with E-state index in [9.17, 15) is 27.6 Å². The number of urea groups is 1. The number of ether oxygens (including phenoxy) is 2. The van der Waals surface area contributed by atoms with Crippen LogP contribution in [0.3, 0.4) is 0 Å². The fourth-order valence-corrected chi connectivity index (χ4v) is 4.70. The Kier molecular flexibility index (Phi) is 6.20. The number of fused-ring (bicyclic) bond motifs is 2. The first-order valence-corrected chi connectivity index (χ1v) is 11.4. The monoisotopic (exact) mass is 504 g/mol. The zero-order valence-corrected chi connectivity index (χ0v) is 19.0. The molecule has 0 aromatic heterocycles. The van der Waals surface area contributed by atoms with Crippen molar-refractivity contribution in [3.8, 4) is 11.5 Å². The van der Waals surface area contributed by atoms with Crippen molar-refractivity contribution in [2.24, 2.45) is 0 Å². The van der Waals surface area contributed by atoms with Crippen LogP contribution in [0.1, 0.15) is 24.0 Å². The van der Waals surface area contributed by atoms with Gasteiger partial charge in [-0.05, 0) is 55.3 Å². The van der Waals surface area contributed by atoms with Crippen LogP contribution in [0.25, 0.3) is 0 Å². The maximum Gasteiger partial charge on any atom is 0.416 e. The van der Waals surface area contributed by atoms with Crippen LogP contribution in [0.2, 0.25) is 0 Å². The Morgan fingerprint density at radius 2 is 1.92 bits per heavy atom. The molecule has 2 unspecified atom stereocenters. The smallest absolute Gasteiger partial charge is 0.416 e. The average Bonchev–Trinajstić information content (AvgIpc) is 3.32. The van der Waals surface area contributed by atoms with Crippen molar-refractivity contribution in [1.82, 2.24) is 15.1 Å². The minimum Gasteiger partial charge on any atom is -0.454 e. The van der Waals surface area contributed by atoms with Crippen molar-refractivity contribution < 1.29 is 37.0 Å². The van der Waals surface area contributed by atoms with Gasteiger partial charge in [0.1, 0.15) is 12.6 Å². The third-order valence-corrected chi connectivity index (χ3v) is 6.40. The number of amides is 4. The summed E-state index contributed by atoms with van der Waals surface area (Å²) in [6.45, 7) is 0.222. The maximum absolute atomic E-state index is 13.4. The molecule has 0 bridgehead atoms. The number of benzene rings is 2. The van der Waals surface area contributed by atoms with Crippen molar-refractivity contribution in [2.45, 2.75) is 37.6 Å². The summed E-state index contributed by atoms with van der Waals surface area (Å²) in [7, 11) is 0. The quantitative estimate of drug-likeness (QED) is 0.650. The van der Waals surface area contributed by atoms with Gasteiger partial charge < -0.3 is 25.0 Å². The molecule has 3 aliphatic heterocycles. The standard InChI is InChI=1S/C24H23F3N4O5/c25-24(26,27)15-3-1-4-16(10-15)29-20(32)12-30-17-5-2-8-28-21(17)22(33)31(23(30)34)11-14-6-7-18-19(9-14)36-13-35-18/h1,3-4,6-7,9-10,17,21,28H,2,5,8,11-13H2,(H,29,32). The molecule has 5 rings (SSSR count). The summed E-state index contributed by atoms with van der Waals surface area (Å²) in [5, 5.41) is 5.57. The van der Waals surface area contributed by atoms with Crippen LogP contribution in [0.5, 0.6) is 11.5 Å². The molecule has 2 fully saturated rings. The number of hydrogen-bond donors (Lipinski definition) is 2. The Morgan fingerprint density at radius 3 is 2.72 bits per heavy atom. The number of carbonyl (C=O) groups is 3. The number of hydrogen-bond acceptors (Lipinski definition) is 6. The highest BCUT2D eigenvalue weighted by molar-refractivity contribution is 6.02. The SMILES string of the molecule is O=C(CN1C(=O)N(Cc2ccc3c(c2)OCO3)C(=O)C2NCCCC21)Nc1cccc(C(F)(F)F)c1. The number of imide groups is 1. The lowest BCUT2D eigenvalue weighted by Gasteiger charge is -2.46. The van der Waals surface area contributed by atoms with Crippen LogP contribution in [0.4, 0.5) is 23.7 Å².